The SMILES string of the molecule is CCc1ccccc1NC(=O)CSc1n[nH]c(-c2ccccc2)n1. The summed E-state index contributed by atoms with van der Waals surface area (Å²) in [6, 6.07) is 17.6. The van der Waals surface area contributed by atoms with Crippen molar-refractivity contribution in [3.8, 4) is 11.4 Å². The van der Waals surface area contributed by atoms with Gasteiger partial charge in [0.2, 0.25) is 11.1 Å². The maximum Gasteiger partial charge on any atom is 0.234 e. The molecule has 0 radical (unpaired) electrons. The molecule has 0 aliphatic heterocycles. The number of hydrogen-bond acceptors (Lipinski definition) is 4. The first-order valence-corrected chi connectivity index (χ1v) is 8.73. The lowest BCUT2D eigenvalue weighted by molar-refractivity contribution is -0.113. The minimum Gasteiger partial charge on any atom is -0.325 e. The third-order valence-corrected chi connectivity index (χ3v) is 4.36. The molecule has 24 heavy (non-hydrogen) atoms. The zero-order chi connectivity index (χ0) is 16.8. The Kier molecular flexibility index (Phi) is 5.28. The molecule has 1 aromatic heterocycles. The summed E-state index contributed by atoms with van der Waals surface area (Å²) in [5, 5.41) is 10.6. The van der Waals surface area contributed by atoms with Crippen molar-refractivity contribution >= 4 is 23.4 Å². The zero-order valence-electron chi connectivity index (χ0n) is 13.3. The number of H-pyrrole nitrogens is 1. The number of carbonyl (C=O) groups excluding carboxylic acids is 1. The van der Waals surface area contributed by atoms with Crippen molar-refractivity contribution in [2.24, 2.45) is 0 Å². The number of amides is 1. The van der Waals surface area contributed by atoms with Crippen molar-refractivity contribution in [1.29, 1.82) is 0 Å². The summed E-state index contributed by atoms with van der Waals surface area (Å²) in [5.74, 6) is 0.909. The van der Waals surface area contributed by atoms with Crippen molar-refractivity contribution in [1.82, 2.24) is 15.2 Å². The summed E-state index contributed by atoms with van der Waals surface area (Å²) in [7, 11) is 0. The van der Waals surface area contributed by atoms with E-state index >= 15 is 0 Å². The van der Waals surface area contributed by atoms with E-state index < -0.39 is 0 Å². The molecule has 6 heteroatoms. The number of aryl methyl sites for hydroxylation is 1. The fraction of sp³-hybridized carbons (Fsp3) is 0.167. The molecule has 2 aromatic carbocycles. The second kappa shape index (κ2) is 7.79. The quantitative estimate of drug-likeness (QED) is 0.671. The minimum atomic E-state index is -0.0630. The number of carbonyl (C=O) groups is 1. The maximum absolute atomic E-state index is 12.1. The van der Waals surface area contributed by atoms with Crippen molar-refractivity contribution in [2.45, 2.75) is 18.5 Å². The van der Waals surface area contributed by atoms with Crippen molar-refractivity contribution in [2.75, 3.05) is 11.1 Å². The maximum atomic E-state index is 12.1. The number of para-hydroxylation sites is 1. The number of nitrogens with one attached hydrogen (secondary N) is 2. The van der Waals surface area contributed by atoms with Gasteiger partial charge in [0.25, 0.3) is 0 Å². The molecule has 2 N–H and O–H groups in total. The van der Waals surface area contributed by atoms with E-state index in [4.69, 9.17) is 0 Å². The molecule has 0 spiro atoms. The molecule has 0 atom stereocenters. The van der Waals surface area contributed by atoms with Gasteiger partial charge in [-0.15, -0.1) is 5.10 Å². The molecule has 122 valence electrons. The van der Waals surface area contributed by atoms with E-state index in [9.17, 15) is 4.79 Å². The summed E-state index contributed by atoms with van der Waals surface area (Å²) in [4.78, 5) is 16.5. The van der Waals surface area contributed by atoms with Gasteiger partial charge in [0.1, 0.15) is 0 Å². The third-order valence-electron chi connectivity index (χ3n) is 3.52. The Bertz CT molecular complexity index is 817. The van der Waals surface area contributed by atoms with Gasteiger partial charge >= 0.3 is 0 Å². The van der Waals surface area contributed by atoms with Crippen LogP contribution in [0.5, 0.6) is 0 Å². The van der Waals surface area contributed by atoms with Crippen LogP contribution in [0, 0.1) is 0 Å². The van der Waals surface area contributed by atoms with Crippen LogP contribution in [-0.4, -0.2) is 26.8 Å². The van der Waals surface area contributed by atoms with Crippen LogP contribution >= 0.6 is 11.8 Å². The minimum absolute atomic E-state index is 0.0630. The van der Waals surface area contributed by atoms with Gasteiger partial charge < -0.3 is 5.32 Å². The van der Waals surface area contributed by atoms with Gasteiger partial charge in [0.05, 0.1) is 5.75 Å². The van der Waals surface area contributed by atoms with Crippen LogP contribution in [0.1, 0.15) is 12.5 Å². The molecule has 5 nitrogen and oxygen atoms in total. The van der Waals surface area contributed by atoms with Crippen molar-refractivity contribution < 1.29 is 4.79 Å². The summed E-state index contributed by atoms with van der Waals surface area (Å²) >= 11 is 1.31. The van der Waals surface area contributed by atoms with E-state index in [0.29, 0.717) is 11.0 Å². The largest absolute Gasteiger partial charge is 0.325 e. The lowest BCUT2D eigenvalue weighted by Gasteiger charge is -2.08. The number of hydrogen-bond donors (Lipinski definition) is 2. The third kappa shape index (κ3) is 4.02. The normalized spacial score (nSPS) is 10.5. The highest BCUT2D eigenvalue weighted by Gasteiger charge is 2.10. The van der Waals surface area contributed by atoms with Crippen LogP contribution < -0.4 is 5.32 Å². The number of anilines is 1. The Morgan fingerprint density at radius 3 is 2.67 bits per heavy atom. The van der Waals surface area contributed by atoms with E-state index in [1.54, 1.807) is 0 Å². The Hall–Kier alpha value is -2.60. The van der Waals surface area contributed by atoms with Gasteiger partial charge in [-0.05, 0) is 18.1 Å². The molecule has 0 unspecified atom stereocenters. The molecule has 0 fully saturated rings. The first-order valence-electron chi connectivity index (χ1n) is 7.74. The highest BCUT2D eigenvalue weighted by Crippen LogP contribution is 2.20. The number of aromatic nitrogens is 3. The molecule has 0 saturated heterocycles. The summed E-state index contributed by atoms with van der Waals surface area (Å²) in [5.41, 5.74) is 2.96. The van der Waals surface area contributed by atoms with E-state index in [1.807, 2.05) is 54.6 Å². The van der Waals surface area contributed by atoms with Gasteiger partial charge in [0, 0.05) is 11.3 Å². The van der Waals surface area contributed by atoms with Gasteiger partial charge in [-0.1, -0.05) is 67.2 Å². The molecule has 1 amide bonds. The molecule has 0 saturated carbocycles. The zero-order valence-corrected chi connectivity index (χ0v) is 14.1. The van der Waals surface area contributed by atoms with Gasteiger partial charge in [-0.25, -0.2) is 4.98 Å². The number of thioether (sulfide) groups is 1. The average molecular weight is 338 g/mol. The number of nitrogens with zero attached hydrogens (tertiary/aromatic N) is 2. The van der Waals surface area contributed by atoms with E-state index in [1.165, 1.54) is 11.8 Å². The van der Waals surface area contributed by atoms with Crippen LogP contribution in [0.15, 0.2) is 59.8 Å². The average Bonchev–Trinajstić information content (AvgIpc) is 3.10. The Labute approximate surface area is 144 Å². The van der Waals surface area contributed by atoms with Gasteiger partial charge in [0.15, 0.2) is 5.82 Å². The Morgan fingerprint density at radius 1 is 1.12 bits per heavy atom. The van der Waals surface area contributed by atoms with Crippen molar-refractivity contribution in [3.63, 3.8) is 0 Å². The summed E-state index contributed by atoms with van der Waals surface area (Å²) in [6.45, 7) is 2.07. The molecular weight excluding hydrogens is 320 g/mol. The standard InChI is InChI=1S/C18H18N4OS/c1-2-13-8-6-7-11-15(13)19-16(23)12-24-18-20-17(21-22-18)14-9-4-3-5-10-14/h3-11H,2,12H2,1H3,(H,19,23)(H,20,21,22). The predicted molar refractivity (Wildman–Crippen MR) is 97.0 cm³/mol. The van der Waals surface area contributed by atoms with Crippen molar-refractivity contribution in [3.05, 3.63) is 60.2 Å². The molecule has 3 rings (SSSR count). The fourth-order valence-electron chi connectivity index (χ4n) is 2.30. The van der Waals surface area contributed by atoms with Gasteiger partial charge in [-0.3, -0.25) is 9.89 Å². The number of rotatable bonds is 6. The molecule has 0 aliphatic rings. The Balaban J connectivity index is 1.58. The molecule has 3 aromatic rings. The van der Waals surface area contributed by atoms with E-state index in [0.717, 1.165) is 23.2 Å². The number of benzene rings is 2. The fourth-order valence-corrected chi connectivity index (χ4v) is 2.90. The van der Waals surface area contributed by atoms with E-state index in [-0.39, 0.29) is 11.7 Å². The van der Waals surface area contributed by atoms with Crippen LogP contribution in [-0.2, 0) is 11.2 Å². The molecular formula is C18H18N4OS. The first kappa shape index (κ1) is 16.3. The Morgan fingerprint density at radius 2 is 1.88 bits per heavy atom. The summed E-state index contributed by atoms with van der Waals surface area (Å²) in [6.07, 6.45) is 0.880. The van der Waals surface area contributed by atoms with Crippen LogP contribution in [0.25, 0.3) is 11.4 Å². The van der Waals surface area contributed by atoms with Crippen LogP contribution in [0.4, 0.5) is 5.69 Å². The smallest absolute Gasteiger partial charge is 0.234 e. The molecule has 0 bridgehead atoms. The topological polar surface area (TPSA) is 70.7 Å². The lowest BCUT2D eigenvalue weighted by atomic mass is 10.1. The number of aromatic amines is 1. The first-order chi connectivity index (χ1) is 11.8. The second-order valence-electron chi connectivity index (χ2n) is 5.18. The van der Waals surface area contributed by atoms with Gasteiger partial charge in [-0.2, -0.15) is 0 Å². The van der Waals surface area contributed by atoms with E-state index in [2.05, 4.69) is 27.4 Å². The highest BCUT2D eigenvalue weighted by atomic mass is 32.2. The predicted octanol–water partition coefficient (Wildman–Crippen LogP) is 3.76. The van der Waals surface area contributed by atoms with Crippen LogP contribution in [0.2, 0.25) is 0 Å². The van der Waals surface area contributed by atoms with Crippen LogP contribution in [0.3, 0.4) is 0 Å². The summed E-state index contributed by atoms with van der Waals surface area (Å²) < 4.78 is 0. The molecule has 1 heterocycles. The highest BCUT2D eigenvalue weighted by molar-refractivity contribution is 7.99. The lowest BCUT2D eigenvalue weighted by Crippen LogP contribution is -2.15. The second-order valence-corrected chi connectivity index (χ2v) is 6.12. The monoisotopic (exact) mass is 338 g/mol. The molecule has 0 aliphatic carbocycles.